The SMILES string of the molecule is Nc1nc(SC2CCCCC2)c2cn[nH]c2n1. The van der Waals surface area contributed by atoms with Crippen LogP contribution >= 0.6 is 11.8 Å². The van der Waals surface area contributed by atoms with Gasteiger partial charge in [0.15, 0.2) is 5.65 Å². The minimum absolute atomic E-state index is 0.319. The number of nitrogens with two attached hydrogens (primary N) is 1. The van der Waals surface area contributed by atoms with Crippen LogP contribution in [-0.4, -0.2) is 25.4 Å². The lowest BCUT2D eigenvalue weighted by Crippen LogP contribution is -2.08. The number of aromatic amines is 1. The van der Waals surface area contributed by atoms with E-state index in [9.17, 15) is 0 Å². The molecule has 1 fully saturated rings. The van der Waals surface area contributed by atoms with Crippen LogP contribution < -0.4 is 5.73 Å². The number of anilines is 1. The molecule has 0 atom stereocenters. The minimum atomic E-state index is 0.319. The van der Waals surface area contributed by atoms with E-state index >= 15 is 0 Å². The summed E-state index contributed by atoms with van der Waals surface area (Å²) in [7, 11) is 0. The predicted molar refractivity (Wildman–Crippen MR) is 68.8 cm³/mol. The molecular weight excluding hydrogens is 234 g/mol. The van der Waals surface area contributed by atoms with Crippen LogP contribution in [0.3, 0.4) is 0 Å². The Morgan fingerprint density at radius 3 is 2.88 bits per heavy atom. The van der Waals surface area contributed by atoms with Gasteiger partial charge in [-0.3, -0.25) is 5.10 Å². The zero-order valence-electron chi connectivity index (χ0n) is 9.52. The zero-order chi connectivity index (χ0) is 11.7. The third-order valence-electron chi connectivity index (χ3n) is 3.12. The minimum Gasteiger partial charge on any atom is -0.368 e. The number of aromatic nitrogens is 4. The standard InChI is InChI=1S/C11H15N5S/c12-11-14-9-8(6-13-16-9)10(15-11)17-7-4-2-1-3-5-7/h6-7H,1-5H2,(H3,12,13,14,15,16). The maximum absolute atomic E-state index is 5.71. The summed E-state index contributed by atoms with van der Waals surface area (Å²) in [5.74, 6) is 0.319. The summed E-state index contributed by atoms with van der Waals surface area (Å²) in [6.45, 7) is 0. The van der Waals surface area contributed by atoms with Gasteiger partial charge in [-0.15, -0.1) is 11.8 Å². The van der Waals surface area contributed by atoms with Gasteiger partial charge in [0.2, 0.25) is 5.95 Å². The van der Waals surface area contributed by atoms with Gasteiger partial charge in [0.05, 0.1) is 11.6 Å². The Morgan fingerprint density at radius 2 is 2.06 bits per heavy atom. The maximum atomic E-state index is 5.71. The molecule has 0 amide bonds. The molecule has 2 aromatic heterocycles. The highest BCUT2D eigenvalue weighted by molar-refractivity contribution is 8.00. The van der Waals surface area contributed by atoms with Crippen molar-refractivity contribution in [2.45, 2.75) is 42.4 Å². The molecule has 1 saturated carbocycles. The highest BCUT2D eigenvalue weighted by Gasteiger charge is 2.18. The van der Waals surface area contributed by atoms with Crippen molar-refractivity contribution in [3.8, 4) is 0 Å². The van der Waals surface area contributed by atoms with E-state index < -0.39 is 0 Å². The molecule has 3 N–H and O–H groups in total. The number of hydrogen-bond acceptors (Lipinski definition) is 5. The molecule has 1 aliphatic carbocycles. The Bertz CT molecular complexity index is 518. The second-order valence-electron chi connectivity index (χ2n) is 4.40. The van der Waals surface area contributed by atoms with Crippen molar-refractivity contribution in [2.75, 3.05) is 5.73 Å². The fourth-order valence-corrected chi connectivity index (χ4v) is 3.56. The van der Waals surface area contributed by atoms with Crippen LogP contribution in [0.4, 0.5) is 5.95 Å². The van der Waals surface area contributed by atoms with Gasteiger partial charge >= 0.3 is 0 Å². The van der Waals surface area contributed by atoms with E-state index in [1.54, 1.807) is 6.20 Å². The van der Waals surface area contributed by atoms with Crippen LogP contribution in [-0.2, 0) is 0 Å². The van der Waals surface area contributed by atoms with Crippen LogP contribution in [0, 0.1) is 0 Å². The quantitative estimate of drug-likeness (QED) is 0.799. The largest absolute Gasteiger partial charge is 0.368 e. The normalized spacial score (nSPS) is 17.6. The molecule has 0 radical (unpaired) electrons. The maximum Gasteiger partial charge on any atom is 0.223 e. The first-order valence-electron chi connectivity index (χ1n) is 5.96. The Hall–Kier alpha value is -1.30. The Morgan fingerprint density at radius 1 is 1.24 bits per heavy atom. The molecule has 3 rings (SSSR count). The Kier molecular flexibility index (Phi) is 2.88. The molecule has 17 heavy (non-hydrogen) atoms. The molecular formula is C11H15N5S. The van der Waals surface area contributed by atoms with Gasteiger partial charge in [0.25, 0.3) is 0 Å². The number of nitrogens with one attached hydrogen (secondary N) is 1. The van der Waals surface area contributed by atoms with E-state index in [0.717, 1.165) is 16.1 Å². The van der Waals surface area contributed by atoms with E-state index in [1.165, 1.54) is 32.1 Å². The lowest BCUT2D eigenvalue weighted by Gasteiger charge is -2.20. The summed E-state index contributed by atoms with van der Waals surface area (Å²) in [6.07, 6.45) is 8.34. The van der Waals surface area contributed by atoms with E-state index in [2.05, 4.69) is 20.2 Å². The van der Waals surface area contributed by atoms with Crippen molar-refractivity contribution >= 4 is 28.7 Å². The summed E-state index contributed by atoms with van der Waals surface area (Å²) < 4.78 is 0. The average molecular weight is 249 g/mol. The molecule has 2 aromatic rings. The van der Waals surface area contributed by atoms with Crippen molar-refractivity contribution in [1.29, 1.82) is 0 Å². The number of H-pyrrole nitrogens is 1. The van der Waals surface area contributed by atoms with Crippen LogP contribution in [0.2, 0.25) is 0 Å². The number of hydrogen-bond donors (Lipinski definition) is 2. The van der Waals surface area contributed by atoms with Crippen molar-refractivity contribution in [2.24, 2.45) is 0 Å². The first kappa shape index (κ1) is 10.8. The molecule has 0 saturated heterocycles. The molecule has 5 nitrogen and oxygen atoms in total. The van der Waals surface area contributed by atoms with Gasteiger partial charge in [-0.25, -0.2) is 4.98 Å². The van der Waals surface area contributed by atoms with Gasteiger partial charge in [0, 0.05) is 5.25 Å². The fraction of sp³-hybridized carbons (Fsp3) is 0.545. The van der Waals surface area contributed by atoms with Crippen LogP contribution in [0.15, 0.2) is 11.2 Å². The molecule has 90 valence electrons. The topological polar surface area (TPSA) is 80.5 Å². The van der Waals surface area contributed by atoms with Crippen molar-refractivity contribution < 1.29 is 0 Å². The number of nitrogens with zero attached hydrogens (tertiary/aromatic N) is 3. The van der Waals surface area contributed by atoms with Crippen molar-refractivity contribution in [3.63, 3.8) is 0 Å². The number of thioether (sulfide) groups is 1. The summed E-state index contributed by atoms with van der Waals surface area (Å²) in [5.41, 5.74) is 6.44. The van der Waals surface area contributed by atoms with Gasteiger partial charge in [-0.05, 0) is 12.8 Å². The number of fused-ring (bicyclic) bond motifs is 1. The van der Waals surface area contributed by atoms with Gasteiger partial charge in [-0.2, -0.15) is 10.1 Å². The van der Waals surface area contributed by atoms with Crippen LogP contribution in [0.1, 0.15) is 32.1 Å². The van der Waals surface area contributed by atoms with E-state index in [1.807, 2.05) is 11.8 Å². The first-order valence-corrected chi connectivity index (χ1v) is 6.84. The van der Waals surface area contributed by atoms with Crippen LogP contribution in [0.25, 0.3) is 11.0 Å². The summed E-state index contributed by atoms with van der Waals surface area (Å²) in [6, 6.07) is 0. The van der Waals surface area contributed by atoms with E-state index in [0.29, 0.717) is 11.2 Å². The molecule has 0 aliphatic heterocycles. The third-order valence-corrected chi connectivity index (χ3v) is 4.46. The zero-order valence-corrected chi connectivity index (χ0v) is 10.3. The second kappa shape index (κ2) is 4.52. The Balaban J connectivity index is 1.90. The van der Waals surface area contributed by atoms with Gasteiger partial charge in [0.1, 0.15) is 5.03 Å². The lowest BCUT2D eigenvalue weighted by molar-refractivity contribution is 0.516. The molecule has 6 heteroatoms. The smallest absolute Gasteiger partial charge is 0.223 e. The summed E-state index contributed by atoms with van der Waals surface area (Å²) >= 11 is 1.82. The fourth-order valence-electron chi connectivity index (χ4n) is 2.26. The predicted octanol–water partition coefficient (Wildman–Crippen LogP) is 2.36. The molecule has 0 spiro atoms. The van der Waals surface area contributed by atoms with E-state index in [4.69, 9.17) is 5.73 Å². The van der Waals surface area contributed by atoms with Gasteiger partial charge in [-0.1, -0.05) is 19.3 Å². The molecule has 0 bridgehead atoms. The number of rotatable bonds is 2. The second-order valence-corrected chi connectivity index (χ2v) is 5.69. The number of nitrogen functional groups attached to an aromatic ring is 1. The summed E-state index contributed by atoms with van der Waals surface area (Å²) in [5, 5.41) is 9.45. The van der Waals surface area contributed by atoms with Crippen LogP contribution in [0.5, 0.6) is 0 Å². The average Bonchev–Trinajstić information content (AvgIpc) is 2.78. The molecule has 2 heterocycles. The van der Waals surface area contributed by atoms with Gasteiger partial charge < -0.3 is 5.73 Å². The molecule has 0 unspecified atom stereocenters. The monoisotopic (exact) mass is 249 g/mol. The van der Waals surface area contributed by atoms with E-state index in [-0.39, 0.29) is 0 Å². The highest BCUT2D eigenvalue weighted by Crippen LogP contribution is 2.35. The van der Waals surface area contributed by atoms with Crippen molar-refractivity contribution in [3.05, 3.63) is 6.20 Å². The molecule has 1 aliphatic rings. The summed E-state index contributed by atoms with van der Waals surface area (Å²) in [4.78, 5) is 8.46. The third kappa shape index (κ3) is 2.22. The Labute approximate surface area is 104 Å². The lowest BCUT2D eigenvalue weighted by atomic mass is 10.0. The first-order chi connectivity index (χ1) is 8.33. The highest BCUT2D eigenvalue weighted by atomic mass is 32.2. The molecule has 0 aromatic carbocycles. The van der Waals surface area contributed by atoms with Crippen molar-refractivity contribution in [1.82, 2.24) is 20.2 Å².